The number of halogens is 1. The van der Waals surface area contributed by atoms with Gasteiger partial charge in [0.25, 0.3) is 10.0 Å². The minimum absolute atomic E-state index is 0.0211. The molecule has 32 heavy (non-hydrogen) atoms. The van der Waals surface area contributed by atoms with Crippen LogP contribution in [0.2, 0.25) is 0 Å². The molecule has 2 N–H and O–H groups in total. The highest BCUT2D eigenvalue weighted by Crippen LogP contribution is 2.25. The van der Waals surface area contributed by atoms with Crippen molar-refractivity contribution < 1.29 is 17.5 Å². The largest absolute Gasteiger partial charge is 0.494 e. The highest BCUT2D eigenvalue weighted by molar-refractivity contribution is 7.92. The number of nitrogens with zero attached hydrogens (tertiary/aromatic N) is 3. The predicted molar refractivity (Wildman–Crippen MR) is 122 cm³/mol. The van der Waals surface area contributed by atoms with Crippen molar-refractivity contribution in [1.29, 1.82) is 0 Å². The first-order chi connectivity index (χ1) is 15.3. The summed E-state index contributed by atoms with van der Waals surface area (Å²) in [5, 5.41) is 3.23. The smallest absolute Gasteiger partial charge is 0.262 e. The van der Waals surface area contributed by atoms with E-state index in [1.807, 2.05) is 13.0 Å². The van der Waals surface area contributed by atoms with Crippen LogP contribution in [0.4, 0.5) is 27.4 Å². The molecule has 1 fully saturated rings. The molecule has 0 radical (unpaired) electrons. The molecule has 2 aromatic carbocycles. The van der Waals surface area contributed by atoms with E-state index in [1.165, 1.54) is 19.2 Å². The average Bonchev–Trinajstić information content (AvgIpc) is 3.29. The molecular weight excluding hydrogens is 433 g/mol. The Hall–Kier alpha value is -3.40. The molecule has 0 amide bonds. The van der Waals surface area contributed by atoms with Crippen molar-refractivity contribution in [1.82, 2.24) is 9.97 Å². The molecule has 0 bridgehead atoms. The van der Waals surface area contributed by atoms with Gasteiger partial charge in [-0.2, -0.15) is 0 Å². The second-order valence-electron chi connectivity index (χ2n) is 7.46. The molecule has 1 aliphatic rings. The molecule has 10 heteroatoms. The van der Waals surface area contributed by atoms with Crippen LogP contribution in [0, 0.1) is 12.7 Å². The maximum Gasteiger partial charge on any atom is 0.262 e. The van der Waals surface area contributed by atoms with E-state index in [4.69, 9.17) is 4.74 Å². The van der Waals surface area contributed by atoms with Crippen LogP contribution >= 0.6 is 0 Å². The van der Waals surface area contributed by atoms with E-state index < -0.39 is 15.8 Å². The summed E-state index contributed by atoms with van der Waals surface area (Å²) in [5.74, 6) is 1.47. The molecule has 1 aliphatic heterocycles. The third-order valence-corrected chi connectivity index (χ3v) is 6.48. The van der Waals surface area contributed by atoms with Crippen molar-refractivity contribution in [2.45, 2.75) is 24.7 Å². The quantitative estimate of drug-likeness (QED) is 0.552. The number of sulfonamides is 1. The fourth-order valence-electron chi connectivity index (χ4n) is 3.52. The zero-order valence-electron chi connectivity index (χ0n) is 17.8. The van der Waals surface area contributed by atoms with Gasteiger partial charge in [-0.05, 0) is 62.2 Å². The summed E-state index contributed by atoms with van der Waals surface area (Å²) in [7, 11) is -2.63. The van der Waals surface area contributed by atoms with Gasteiger partial charge in [0.05, 0.1) is 12.0 Å². The minimum atomic E-state index is -3.95. The van der Waals surface area contributed by atoms with Crippen LogP contribution in [-0.2, 0) is 10.0 Å². The molecule has 0 saturated carbocycles. The van der Waals surface area contributed by atoms with Crippen LogP contribution in [-0.4, -0.2) is 38.6 Å². The van der Waals surface area contributed by atoms with Gasteiger partial charge in [-0.1, -0.05) is 0 Å². The Morgan fingerprint density at radius 3 is 2.34 bits per heavy atom. The standard InChI is InChI=1S/C22H24FN5O3S/c1-15-24-21(14-22(25-15)28-11-3-4-12-28)26-16-5-7-17(8-6-16)27-32(29,30)18-9-10-20(31-2)19(23)13-18/h5-10,13-14,27H,3-4,11-12H2,1-2H3,(H,24,25,26). The molecule has 8 nitrogen and oxygen atoms in total. The van der Waals surface area contributed by atoms with Crippen molar-refractivity contribution in [3.63, 3.8) is 0 Å². The zero-order chi connectivity index (χ0) is 22.7. The molecular formula is C22H24FN5O3S. The Labute approximate surface area is 186 Å². The lowest BCUT2D eigenvalue weighted by Crippen LogP contribution is -2.19. The number of benzene rings is 2. The van der Waals surface area contributed by atoms with Crippen molar-refractivity contribution in [3.05, 3.63) is 60.2 Å². The molecule has 1 saturated heterocycles. The Balaban J connectivity index is 1.47. The van der Waals surface area contributed by atoms with E-state index >= 15 is 0 Å². The van der Waals surface area contributed by atoms with Gasteiger partial charge in [0.2, 0.25) is 0 Å². The number of hydrogen-bond donors (Lipinski definition) is 2. The Bertz CT molecular complexity index is 1210. The van der Waals surface area contributed by atoms with Gasteiger partial charge in [0.1, 0.15) is 17.5 Å². The van der Waals surface area contributed by atoms with E-state index in [1.54, 1.807) is 24.3 Å². The lowest BCUT2D eigenvalue weighted by Gasteiger charge is -2.18. The van der Waals surface area contributed by atoms with Crippen molar-refractivity contribution in [2.24, 2.45) is 0 Å². The number of hydrogen-bond acceptors (Lipinski definition) is 7. The second-order valence-corrected chi connectivity index (χ2v) is 9.14. The predicted octanol–water partition coefficient (Wildman–Crippen LogP) is 4.08. The first-order valence-corrected chi connectivity index (χ1v) is 11.7. The fourth-order valence-corrected chi connectivity index (χ4v) is 4.59. The Morgan fingerprint density at radius 2 is 1.69 bits per heavy atom. The monoisotopic (exact) mass is 457 g/mol. The molecule has 0 unspecified atom stereocenters. The molecule has 168 valence electrons. The molecule has 0 aliphatic carbocycles. The van der Waals surface area contributed by atoms with Gasteiger partial charge in [-0.25, -0.2) is 22.8 Å². The molecule has 1 aromatic heterocycles. The highest BCUT2D eigenvalue weighted by Gasteiger charge is 2.17. The molecule has 3 aromatic rings. The van der Waals surface area contributed by atoms with Gasteiger partial charge >= 0.3 is 0 Å². The van der Waals surface area contributed by atoms with E-state index in [9.17, 15) is 12.8 Å². The number of aryl methyl sites for hydroxylation is 1. The van der Waals surface area contributed by atoms with Crippen LogP contribution in [0.3, 0.4) is 0 Å². The average molecular weight is 458 g/mol. The van der Waals surface area contributed by atoms with Crippen molar-refractivity contribution in [2.75, 3.05) is 35.1 Å². The molecule has 0 atom stereocenters. The highest BCUT2D eigenvalue weighted by atomic mass is 32.2. The van der Waals surface area contributed by atoms with Crippen LogP contribution in [0.1, 0.15) is 18.7 Å². The third-order valence-electron chi connectivity index (χ3n) is 5.10. The van der Waals surface area contributed by atoms with Crippen LogP contribution < -0.4 is 19.7 Å². The summed E-state index contributed by atoms with van der Waals surface area (Å²) < 4.78 is 46.3. The van der Waals surface area contributed by atoms with Crippen LogP contribution in [0.25, 0.3) is 0 Å². The lowest BCUT2D eigenvalue weighted by atomic mass is 10.3. The SMILES string of the molecule is COc1ccc(S(=O)(=O)Nc2ccc(Nc3cc(N4CCCC4)nc(C)n3)cc2)cc1F. The maximum atomic E-state index is 13.9. The summed E-state index contributed by atoms with van der Waals surface area (Å²) in [6, 6.07) is 12.1. The number of ether oxygens (including phenoxy) is 1. The minimum Gasteiger partial charge on any atom is -0.494 e. The number of nitrogens with one attached hydrogen (secondary N) is 2. The van der Waals surface area contributed by atoms with Crippen molar-refractivity contribution in [3.8, 4) is 5.75 Å². The number of rotatable bonds is 7. The maximum absolute atomic E-state index is 13.9. The van der Waals surface area contributed by atoms with Gasteiger partial charge in [0, 0.05) is 30.5 Å². The number of aromatic nitrogens is 2. The number of anilines is 4. The Morgan fingerprint density at radius 1 is 1.00 bits per heavy atom. The molecule has 2 heterocycles. The molecule has 0 spiro atoms. The summed E-state index contributed by atoms with van der Waals surface area (Å²) in [5.41, 5.74) is 1.09. The van der Waals surface area contributed by atoms with E-state index in [0.717, 1.165) is 43.5 Å². The topological polar surface area (TPSA) is 96.5 Å². The lowest BCUT2D eigenvalue weighted by molar-refractivity contribution is 0.385. The first-order valence-electron chi connectivity index (χ1n) is 10.2. The summed E-state index contributed by atoms with van der Waals surface area (Å²) >= 11 is 0. The zero-order valence-corrected chi connectivity index (χ0v) is 18.6. The first kappa shape index (κ1) is 21.8. The van der Waals surface area contributed by atoms with Crippen molar-refractivity contribution >= 4 is 33.0 Å². The van der Waals surface area contributed by atoms with Crippen LogP contribution in [0.5, 0.6) is 5.75 Å². The van der Waals surface area contributed by atoms with E-state index in [0.29, 0.717) is 17.3 Å². The third kappa shape index (κ3) is 4.91. The molecule has 4 rings (SSSR count). The summed E-state index contributed by atoms with van der Waals surface area (Å²) in [4.78, 5) is 11.0. The van der Waals surface area contributed by atoms with Gasteiger partial charge < -0.3 is 15.0 Å². The van der Waals surface area contributed by atoms with Crippen LogP contribution in [0.15, 0.2) is 53.4 Å². The van der Waals surface area contributed by atoms with E-state index in [2.05, 4.69) is 24.9 Å². The van der Waals surface area contributed by atoms with Gasteiger partial charge in [0.15, 0.2) is 11.6 Å². The van der Waals surface area contributed by atoms with E-state index in [-0.39, 0.29) is 10.6 Å². The fraction of sp³-hybridized carbons (Fsp3) is 0.273. The second kappa shape index (κ2) is 8.99. The van der Waals surface area contributed by atoms with Gasteiger partial charge in [-0.3, -0.25) is 4.72 Å². The van der Waals surface area contributed by atoms with Gasteiger partial charge in [-0.15, -0.1) is 0 Å². The number of methoxy groups -OCH3 is 1. The Kier molecular flexibility index (Phi) is 6.13. The summed E-state index contributed by atoms with van der Waals surface area (Å²) in [6.07, 6.45) is 2.32. The normalized spacial score (nSPS) is 13.8. The summed E-state index contributed by atoms with van der Waals surface area (Å²) in [6.45, 7) is 3.83.